The number of fused-ring (bicyclic) bond motifs is 1. The van der Waals surface area contributed by atoms with Gasteiger partial charge in [-0.25, -0.2) is 0 Å². The van der Waals surface area contributed by atoms with Gasteiger partial charge in [-0.05, 0) is 51.1 Å². The molecule has 1 fully saturated rings. The lowest BCUT2D eigenvalue weighted by atomic mass is 10.1. The largest absolute Gasteiger partial charge is 0.366 e. The summed E-state index contributed by atoms with van der Waals surface area (Å²) in [7, 11) is 0. The smallest absolute Gasteiger partial charge is 0.251 e. The van der Waals surface area contributed by atoms with Crippen molar-refractivity contribution in [3.63, 3.8) is 0 Å². The van der Waals surface area contributed by atoms with Gasteiger partial charge in [0.2, 0.25) is 0 Å². The normalized spacial score (nSPS) is 16.1. The molecule has 0 spiro atoms. The lowest BCUT2D eigenvalue weighted by Gasteiger charge is -2.16. The zero-order valence-electron chi connectivity index (χ0n) is 11.9. The number of likely N-dealkylation sites (tertiary alicyclic amines) is 1. The van der Waals surface area contributed by atoms with Gasteiger partial charge in [-0.2, -0.15) is 0 Å². The van der Waals surface area contributed by atoms with Crippen LogP contribution in [0.25, 0.3) is 10.9 Å². The van der Waals surface area contributed by atoms with Crippen LogP contribution in [0.1, 0.15) is 28.9 Å². The molecular weight excluding hydrogens is 250 g/mol. The predicted molar refractivity (Wildman–Crippen MR) is 79.7 cm³/mol. The quantitative estimate of drug-likeness (QED) is 0.923. The van der Waals surface area contributed by atoms with Gasteiger partial charge in [0, 0.05) is 29.7 Å². The molecule has 2 N–H and O–H groups in total. The summed E-state index contributed by atoms with van der Waals surface area (Å²) >= 11 is 0. The number of nitrogens with two attached hydrogens (primary N) is 1. The van der Waals surface area contributed by atoms with Crippen molar-refractivity contribution in [2.24, 2.45) is 5.73 Å². The van der Waals surface area contributed by atoms with Gasteiger partial charge in [0.15, 0.2) is 0 Å². The Morgan fingerprint density at radius 1 is 1.35 bits per heavy atom. The Morgan fingerprint density at radius 3 is 2.80 bits per heavy atom. The van der Waals surface area contributed by atoms with Crippen LogP contribution in [-0.2, 0) is 6.54 Å². The molecule has 4 nitrogen and oxygen atoms in total. The molecule has 105 valence electrons. The summed E-state index contributed by atoms with van der Waals surface area (Å²) < 4.78 is 2.21. The average Bonchev–Trinajstić information content (AvgIpc) is 3.01. The number of amides is 1. The number of hydrogen-bond donors (Lipinski definition) is 1. The number of rotatable bonds is 4. The molecule has 3 rings (SSSR count). The Bertz CT molecular complexity index is 638. The minimum atomic E-state index is -0.355. The Kier molecular flexibility index (Phi) is 3.49. The topological polar surface area (TPSA) is 51.3 Å². The van der Waals surface area contributed by atoms with Crippen LogP contribution in [0.4, 0.5) is 0 Å². The summed E-state index contributed by atoms with van der Waals surface area (Å²) in [6, 6.07) is 8.79. The van der Waals surface area contributed by atoms with Crippen LogP contribution in [0.2, 0.25) is 0 Å². The van der Waals surface area contributed by atoms with E-state index in [1.165, 1.54) is 25.9 Å². The highest BCUT2D eigenvalue weighted by molar-refractivity contribution is 6.07. The van der Waals surface area contributed by atoms with Crippen LogP contribution in [-0.4, -0.2) is 35.0 Å². The first-order valence-corrected chi connectivity index (χ1v) is 7.19. The number of hydrogen-bond acceptors (Lipinski definition) is 2. The standard InChI is InChI=1S/C16H20N3O/c1-12-15(16(17)20)13-6-2-3-7-14(13)19(12)11-10-18-8-4-5-9-18/h3,6-7H,4-5,8-11H2,1H3,(H2,17,20). The second-order valence-electron chi connectivity index (χ2n) is 5.47. The fraction of sp³-hybridized carbons (Fsp3) is 0.438. The fourth-order valence-corrected chi connectivity index (χ4v) is 3.22. The maximum absolute atomic E-state index is 11.7. The summed E-state index contributed by atoms with van der Waals surface area (Å²) in [5, 5.41) is 0.916. The van der Waals surface area contributed by atoms with Crippen molar-refractivity contribution in [3.05, 3.63) is 35.5 Å². The Hall–Kier alpha value is -1.81. The lowest BCUT2D eigenvalue weighted by molar-refractivity contribution is 0.100. The third-order valence-corrected chi connectivity index (χ3v) is 4.25. The van der Waals surface area contributed by atoms with Crippen molar-refractivity contribution in [3.8, 4) is 0 Å². The number of benzene rings is 1. The molecule has 1 aliphatic rings. The molecule has 0 atom stereocenters. The molecule has 1 amide bonds. The van der Waals surface area contributed by atoms with E-state index >= 15 is 0 Å². The molecule has 1 aromatic carbocycles. The summed E-state index contributed by atoms with van der Waals surface area (Å²) in [6.07, 6.45) is 2.60. The third kappa shape index (κ3) is 2.20. The lowest BCUT2D eigenvalue weighted by Crippen LogP contribution is -2.24. The molecule has 20 heavy (non-hydrogen) atoms. The van der Waals surface area contributed by atoms with Gasteiger partial charge in [0.05, 0.1) is 5.56 Å². The average molecular weight is 270 g/mol. The number of carbonyl (C=O) groups is 1. The van der Waals surface area contributed by atoms with Crippen LogP contribution >= 0.6 is 0 Å². The number of aromatic nitrogens is 1. The molecule has 1 radical (unpaired) electrons. The van der Waals surface area contributed by atoms with Gasteiger partial charge in [-0.1, -0.05) is 6.07 Å². The molecule has 0 saturated carbocycles. The van der Waals surface area contributed by atoms with Crippen LogP contribution in [0.15, 0.2) is 18.2 Å². The summed E-state index contributed by atoms with van der Waals surface area (Å²) in [5.41, 5.74) is 8.22. The highest BCUT2D eigenvalue weighted by Crippen LogP contribution is 2.25. The number of carbonyl (C=O) groups excluding carboxylic acids is 1. The Labute approximate surface area is 119 Å². The molecule has 0 bridgehead atoms. The van der Waals surface area contributed by atoms with E-state index in [1.54, 1.807) is 0 Å². The minimum absolute atomic E-state index is 0.355. The van der Waals surface area contributed by atoms with Gasteiger partial charge in [0.1, 0.15) is 0 Å². The first-order chi connectivity index (χ1) is 9.68. The van der Waals surface area contributed by atoms with Crippen molar-refractivity contribution in [1.82, 2.24) is 9.47 Å². The van der Waals surface area contributed by atoms with Crippen molar-refractivity contribution in [2.45, 2.75) is 26.3 Å². The molecule has 1 aromatic heterocycles. The molecule has 1 saturated heterocycles. The van der Waals surface area contributed by atoms with E-state index in [9.17, 15) is 4.79 Å². The highest BCUT2D eigenvalue weighted by atomic mass is 16.1. The molecule has 4 heteroatoms. The van der Waals surface area contributed by atoms with Crippen LogP contribution in [0, 0.1) is 13.0 Å². The van der Waals surface area contributed by atoms with Crippen LogP contribution < -0.4 is 5.73 Å². The predicted octanol–water partition coefficient (Wildman–Crippen LogP) is 1.94. The number of nitrogens with zero attached hydrogens (tertiary/aromatic N) is 2. The van der Waals surface area contributed by atoms with Crippen molar-refractivity contribution >= 4 is 16.8 Å². The monoisotopic (exact) mass is 270 g/mol. The molecule has 1 aliphatic heterocycles. The zero-order valence-corrected chi connectivity index (χ0v) is 11.9. The highest BCUT2D eigenvalue weighted by Gasteiger charge is 2.18. The van der Waals surface area contributed by atoms with Gasteiger partial charge in [-0.15, -0.1) is 0 Å². The second-order valence-corrected chi connectivity index (χ2v) is 5.47. The first-order valence-electron chi connectivity index (χ1n) is 7.19. The summed E-state index contributed by atoms with van der Waals surface area (Å²) in [5.74, 6) is -0.355. The van der Waals surface area contributed by atoms with E-state index in [1.807, 2.05) is 25.1 Å². The van der Waals surface area contributed by atoms with E-state index in [-0.39, 0.29) is 5.91 Å². The third-order valence-electron chi connectivity index (χ3n) is 4.25. The van der Waals surface area contributed by atoms with E-state index in [0.29, 0.717) is 5.56 Å². The Morgan fingerprint density at radius 2 is 2.10 bits per heavy atom. The Balaban J connectivity index is 1.96. The van der Waals surface area contributed by atoms with E-state index in [2.05, 4.69) is 15.5 Å². The molecule has 0 aliphatic carbocycles. The van der Waals surface area contributed by atoms with Gasteiger partial charge < -0.3 is 15.2 Å². The first kappa shape index (κ1) is 13.2. The maximum atomic E-state index is 11.7. The molecule has 2 aromatic rings. The molecule has 2 heterocycles. The second kappa shape index (κ2) is 5.29. The summed E-state index contributed by atoms with van der Waals surface area (Å²) in [4.78, 5) is 14.2. The molecular formula is C16H20N3O. The van der Waals surface area contributed by atoms with Crippen molar-refractivity contribution < 1.29 is 4.79 Å². The van der Waals surface area contributed by atoms with E-state index in [4.69, 9.17) is 5.73 Å². The van der Waals surface area contributed by atoms with Crippen molar-refractivity contribution in [1.29, 1.82) is 0 Å². The number of primary amides is 1. The minimum Gasteiger partial charge on any atom is -0.366 e. The zero-order chi connectivity index (χ0) is 14.1. The SMILES string of the molecule is Cc1c(C(N)=O)c2c[c]ccc2n1CCN1CCCC1. The van der Waals surface area contributed by atoms with E-state index < -0.39 is 0 Å². The van der Waals surface area contributed by atoms with Crippen LogP contribution in [0.3, 0.4) is 0 Å². The van der Waals surface area contributed by atoms with Gasteiger partial charge >= 0.3 is 0 Å². The molecule has 0 unspecified atom stereocenters. The fourth-order valence-electron chi connectivity index (χ4n) is 3.22. The van der Waals surface area contributed by atoms with Crippen LogP contribution in [0.5, 0.6) is 0 Å². The van der Waals surface area contributed by atoms with Gasteiger partial charge in [0.25, 0.3) is 5.91 Å². The maximum Gasteiger partial charge on any atom is 0.251 e. The van der Waals surface area contributed by atoms with Crippen molar-refractivity contribution in [2.75, 3.05) is 19.6 Å². The van der Waals surface area contributed by atoms with E-state index in [0.717, 1.165) is 29.7 Å². The van der Waals surface area contributed by atoms with Gasteiger partial charge in [-0.3, -0.25) is 4.79 Å². The summed E-state index contributed by atoms with van der Waals surface area (Å²) in [6.45, 7) is 6.29.